The largest absolute Gasteiger partial charge is 0.497 e. The summed E-state index contributed by atoms with van der Waals surface area (Å²) in [5.41, 5.74) is 0.210. The van der Waals surface area contributed by atoms with Crippen molar-refractivity contribution in [1.29, 1.82) is 0 Å². The van der Waals surface area contributed by atoms with E-state index < -0.39 is 5.41 Å². The average molecular weight is 444 g/mol. The van der Waals surface area contributed by atoms with Crippen LogP contribution in [0.1, 0.15) is 67.9 Å². The van der Waals surface area contributed by atoms with E-state index in [1.807, 2.05) is 26.2 Å². The molecule has 1 aromatic carbocycles. The number of aromatic nitrogens is 1. The summed E-state index contributed by atoms with van der Waals surface area (Å²) >= 11 is 1.60. The van der Waals surface area contributed by atoms with Crippen LogP contribution < -0.4 is 15.4 Å². The van der Waals surface area contributed by atoms with E-state index in [4.69, 9.17) is 4.74 Å². The predicted octanol–water partition coefficient (Wildman–Crippen LogP) is 4.59. The highest BCUT2D eigenvalue weighted by atomic mass is 32.1. The van der Waals surface area contributed by atoms with Gasteiger partial charge in [-0.25, -0.2) is 4.98 Å². The number of nitrogens with one attached hydrogen (secondary N) is 2. The third-order valence-electron chi connectivity index (χ3n) is 5.95. The zero-order valence-electron chi connectivity index (χ0n) is 18.8. The van der Waals surface area contributed by atoms with Crippen molar-refractivity contribution in [3.8, 4) is 5.75 Å². The van der Waals surface area contributed by atoms with Crippen LogP contribution in [0.2, 0.25) is 0 Å². The number of methoxy groups -OCH3 is 1. The van der Waals surface area contributed by atoms with Gasteiger partial charge >= 0.3 is 0 Å². The van der Waals surface area contributed by atoms with Crippen LogP contribution in [-0.4, -0.2) is 30.5 Å². The molecular weight excluding hydrogens is 410 g/mol. The smallest absolute Gasteiger partial charge is 0.251 e. The van der Waals surface area contributed by atoms with Crippen LogP contribution in [0.3, 0.4) is 0 Å². The number of hydrogen-bond acceptors (Lipinski definition) is 5. The van der Waals surface area contributed by atoms with Gasteiger partial charge in [0.25, 0.3) is 5.91 Å². The number of amides is 2. The molecule has 1 aromatic heterocycles. The van der Waals surface area contributed by atoms with E-state index in [-0.39, 0.29) is 17.9 Å². The normalized spacial score (nSPS) is 20.0. The van der Waals surface area contributed by atoms with Crippen LogP contribution in [0.25, 0.3) is 0 Å². The molecule has 1 fully saturated rings. The quantitative estimate of drug-likeness (QED) is 0.656. The molecule has 1 aliphatic carbocycles. The Labute approximate surface area is 188 Å². The zero-order chi connectivity index (χ0) is 22.4. The van der Waals surface area contributed by atoms with Crippen molar-refractivity contribution in [2.75, 3.05) is 13.7 Å². The molecule has 0 spiro atoms. The monoisotopic (exact) mass is 443 g/mol. The van der Waals surface area contributed by atoms with Gasteiger partial charge in [0.2, 0.25) is 5.91 Å². The topological polar surface area (TPSA) is 80.3 Å². The number of carbonyl (C=O) groups is 2. The highest BCUT2D eigenvalue weighted by Gasteiger charge is 2.33. The van der Waals surface area contributed by atoms with Crippen molar-refractivity contribution in [3.05, 3.63) is 46.4 Å². The van der Waals surface area contributed by atoms with E-state index in [9.17, 15) is 9.59 Å². The second-order valence-corrected chi connectivity index (χ2v) is 10.2. The fourth-order valence-corrected chi connectivity index (χ4v) is 4.72. The molecule has 0 bridgehead atoms. The van der Waals surface area contributed by atoms with Crippen LogP contribution in [0.5, 0.6) is 5.75 Å². The summed E-state index contributed by atoms with van der Waals surface area (Å²) in [5, 5.41) is 9.27. The molecular formula is C24H33N3O3S. The Kier molecular flexibility index (Phi) is 7.70. The Morgan fingerprint density at radius 3 is 2.39 bits per heavy atom. The molecule has 31 heavy (non-hydrogen) atoms. The maximum atomic E-state index is 12.6. The van der Waals surface area contributed by atoms with Gasteiger partial charge in [0.05, 0.1) is 13.2 Å². The fourth-order valence-electron chi connectivity index (χ4n) is 3.93. The lowest BCUT2D eigenvalue weighted by molar-refractivity contribution is -0.129. The highest BCUT2D eigenvalue weighted by Crippen LogP contribution is 2.38. The number of hydrogen-bond donors (Lipinski definition) is 2. The lowest BCUT2D eigenvalue weighted by atomic mass is 9.78. The number of thiazole rings is 1. The first-order valence-electron chi connectivity index (χ1n) is 10.9. The second kappa shape index (κ2) is 10.3. The minimum atomic E-state index is -0.432. The Balaban J connectivity index is 1.53. The molecule has 0 unspecified atom stereocenters. The third kappa shape index (κ3) is 6.29. The Hall–Kier alpha value is -2.41. The second-order valence-electron chi connectivity index (χ2n) is 9.29. The molecule has 2 amide bonds. The molecule has 0 saturated heterocycles. The minimum Gasteiger partial charge on any atom is -0.497 e. The highest BCUT2D eigenvalue weighted by molar-refractivity contribution is 7.09. The molecule has 1 aliphatic rings. The van der Waals surface area contributed by atoms with Gasteiger partial charge in [0.1, 0.15) is 10.8 Å². The summed E-state index contributed by atoms with van der Waals surface area (Å²) < 4.78 is 5.14. The number of ether oxygens (including phenoxy) is 1. The molecule has 0 radical (unpaired) electrons. The molecule has 2 N–H and O–H groups in total. The molecule has 7 heteroatoms. The van der Waals surface area contributed by atoms with Crippen LogP contribution in [0.15, 0.2) is 35.8 Å². The van der Waals surface area contributed by atoms with Crippen LogP contribution >= 0.6 is 11.3 Å². The van der Waals surface area contributed by atoms with Crippen molar-refractivity contribution >= 4 is 23.2 Å². The van der Waals surface area contributed by atoms with E-state index in [0.29, 0.717) is 23.9 Å². The number of nitrogens with zero attached hydrogens (tertiary/aromatic N) is 1. The first-order valence-corrected chi connectivity index (χ1v) is 11.8. The van der Waals surface area contributed by atoms with Crippen molar-refractivity contribution in [2.45, 2.75) is 52.5 Å². The molecule has 6 nitrogen and oxygen atoms in total. The predicted molar refractivity (Wildman–Crippen MR) is 123 cm³/mol. The van der Waals surface area contributed by atoms with Crippen molar-refractivity contribution < 1.29 is 14.3 Å². The van der Waals surface area contributed by atoms with Gasteiger partial charge in [0.15, 0.2) is 0 Å². The van der Waals surface area contributed by atoms with Crippen molar-refractivity contribution in [1.82, 2.24) is 15.6 Å². The summed E-state index contributed by atoms with van der Waals surface area (Å²) in [4.78, 5) is 29.6. The molecule has 1 heterocycles. The number of carbonyl (C=O) groups excluding carboxylic acids is 2. The van der Waals surface area contributed by atoms with E-state index >= 15 is 0 Å². The van der Waals surface area contributed by atoms with Gasteiger partial charge in [-0.05, 0) is 61.8 Å². The minimum absolute atomic E-state index is 0.0402. The third-order valence-corrected chi connectivity index (χ3v) is 6.81. The van der Waals surface area contributed by atoms with E-state index in [0.717, 1.165) is 36.4 Å². The Morgan fingerprint density at radius 1 is 1.16 bits per heavy atom. The number of benzene rings is 1. The first kappa shape index (κ1) is 23.3. The maximum absolute atomic E-state index is 12.6. The van der Waals surface area contributed by atoms with Crippen LogP contribution in [0, 0.1) is 17.3 Å². The molecule has 2 aromatic rings. The van der Waals surface area contributed by atoms with E-state index in [2.05, 4.69) is 15.6 Å². The lowest BCUT2D eigenvalue weighted by Gasteiger charge is -2.34. The molecule has 1 saturated carbocycles. The lowest BCUT2D eigenvalue weighted by Crippen LogP contribution is -2.41. The van der Waals surface area contributed by atoms with Crippen molar-refractivity contribution in [3.63, 3.8) is 0 Å². The number of rotatable bonds is 7. The summed E-state index contributed by atoms with van der Waals surface area (Å²) in [6.45, 7) is 6.48. The van der Waals surface area contributed by atoms with Gasteiger partial charge in [-0.15, -0.1) is 11.3 Å². The van der Waals surface area contributed by atoms with Gasteiger partial charge in [-0.2, -0.15) is 0 Å². The molecule has 168 valence electrons. The van der Waals surface area contributed by atoms with Gasteiger partial charge < -0.3 is 15.4 Å². The first-order chi connectivity index (χ1) is 14.8. The fraction of sp³-hybridized carbons (Fsp3) is 0.542. The maximum Gasteiger partial charge on any atom is 0.251 e. The Bertz CT molecular complexity index is 851. The summed E-state index contributed by atoms with van der Waals surface area (Å²) in [6.07, 6.45) is 5.88. The van der Waals surface area contributed by atoms with Crippen LogP contribution in [0.4, 0.5) is 0 Å². The zero-order valence-corrected chi connectivity index (χ0v) is 19.6. The van der Waals surface area contributed by atoms with Crippen LogP contribution in [-0.2, 0) is 4.79 Å². The van der Waals surface area contributed by atoms with E-state index in [1.165, 1.54) is 0 Å². The van der Waals surface area contributed by atoms with E-state index in [1.54, 1.807) is 48.9 Å². The standard InChI is InChI=1S/C24H33N3O3S/c1-24(2,3)23(29)27-20(22-25-13-14-31-22)17-7-5-16(6-8-17)15-26-21(28)18-9-11-19(30-4)12-10-18/h9-14,16-17,20H,5-8,15H2,1-4H3,(H,26,28)(H,27,29)/t16?,17?,20-/m0/s1. The van der Waals surface area contributed by atoms with Crippen molar-refractivity contribution in [2.24, 2.45) is 17.3 Å². The van der Waals surface area contributed by atoms with Gasteiger partial charge in [-0.3, -0.25) is 9.59 Å². The average Bonchev–Trinajstić information content (AvgIpc) is 3.30. The molecule has 3 rings (SSSR count). The SMILES string of the molecule is COc1ccc(C(=O)NCC2CCC([C@H](NC(=O)C(C)(C)C)c3nccs3)CC2)cc1. The molecule has 0 aliphatic heterocycles. The molecule has 1 atom stereocenters. The summed E-state index contributed by atoms with van der Waals surface area (Å²) in [7, 11) is 1.61. The Morgan fingerprint density at radius 2 is 1.84 bits per heavy atom. The van der Waals surface area contributed by atoms with Gasteiger partial charge in [-0.1, -0.05) is 20.8 Å². The summed E-state index contributed by atoms with van der Waals surface area (Å²) in [6, 6.07) is 7.11. The summed E-state index contributed by atoms with van der Waals surface area (Å²) in [5.74, 6) is 1.56. The van der Waals surface area contributed by atoms with Gasteiger partial charge in [0, 0.05) is 29.1 Å².